The van der Waals surface area contributed by atoms with Gasteiger partial charge in [-0.1, -0.05) is 6.07 Å². The van der Waals surface area contributed by atoms with E-state index in [-0.39, 0.29) is 11.8 Å². The lowest BCUT2D eigenvalue weighted by Gasteiger charge is -2.26. The predicted octanol–water partition coefficient (Wildman–Crippen LogP) is 5.73. The maximum absolute atomic E-state index is 13.2. The lowest BCUT2D eigenvalue weighted by atomic mass is 9.82. The molecule has 170 valence electrons. The molecule has 0 aliphatic heterocycles. The van der Waals surface area contributed by atoms with Crippen molar-refractivity contribution in [3.05, 3.63) is 58.9 Å². The second-order valence-corrected chi connectivity index (χ2v) is 8.65. The van der Waals surface area contributed by atoms with Crippen molar-refractivity contribution in [1.29, 1.82) is 0 Å². The number of aryl methyl sites for hydroxylation is 1. The van der Waals surface area contributed by atoms with Gasteiger partial charge in [-0.2, -0.15) is 13.2 Å². The predicted molar refractivity (Wildman–Crippen MR) is 119 cm³/mol. The minimum absolute atomic E-state index is 0.0639. The maximum atomic E-state index is 13.2. The van der Waals surface area contributed by atoms with Crippen LogP contribution in [0.3, 0.4) is 0 Å². The van der Waals surface area contributed by atoms with Crippen LogP contribution in [0.15, 0.2) is 36.4 Å². The van der Waals surface area contributed by atoms with E-state index in [4.69, 9.17) is 5.73 Å². The maximum Gasteiger partial charge on any atom is 0.416 e. The lowest BCUT2D eigenvalue weighted by Crippen LogP contribution is -2.17. The van der Waals surface area contributed by atoms with Crippen LogP contribution in [0.1, 0.15) is 67.1 Å². The van der Waals surface area contributed by atoms with Crippen molar-refractivity contribution < 1.29 is 18.3 Å². The number of halogens is 3. The van der Waals surface area contributed by atoms with Gasteiger partial charge >= 0.3 is 6.18 Å². The minimum atomic E-state index is -4.47. The Kier molecular flexibility index (Phi) is 5.99. The Balaban J connectivity index is 1.68. The highest BCUT2D eigenvalue weighted by molar-refractivity contribution is 5.90. The molecule has 1 aromatic heterocycles. The number of nitrogens with zero attached hydrogens (tertiary/aromatic N) is 2. The van der Waals surface area contributed by atoms with E-state index in [2.05, 4.69) is 27.4 Å². The van der Waals surface area contributed by atoms with Crippen LogP contribution in [0.2, 0.25) is 0 Å². The van der Waals surface area contributed by atoms with Gasteiger partial charge in [-0.3, -0.25) is 0 Å². The Hall–Kier alpha value is -2.87. The molecule has 8 heteroatoms. The first-order valence-electron chi connectivity index (χ1n) is 10.8. The SMILES string of the molecule is Cc1nc(N[C@H](C)c2cc(N)cc(C(F)(F)F)c2)c2cc(C3CCC(O)CC3)ccc2n1. The number of rotatable bonds is 4. The summed E-state index contributed by atoms with van der Waals surface area (Å²) in [5.74, 6) is 1.51. The van der Waals surface area contributed by atoms with Gasteiger partial charge < -0.3 is 16.2 Å². The first kappa shape index (κ1) is 22.3. The fourth-order valence-corrected chi connectivity index (χ4v) is 4.41. The van der Waals surface area contributed by atoms with E-state index in [1.165, 1.54) is 0 Å². The van der Waals surface area contributed by atoms with Crippen molar-refractivity contribution >= 4 is 22.4 Å². The van der Waals surface area contributed by atoms with Crippen LogP contribution in [0.4, 0.5) is 24.7 Å². The summed E-state index contributed by atoms with van der Waals surface area (Å²) in [6.45, 7) is 3.57. The number of aromatic nitrogens is 2. The molecule has 32 heavy (non-hydrogen) atoms. The summed E-state index contributed by atoms with van der Waals surface area (Å²) >= 11 is 0. The zero-order chi connectivity index (χ0) is 23.0. The highest BCUT2D eigenvalue weighted by Crippen LogP contribution is 2.36. The van der Waals surface area contributed by atoms with E-state index < -0.39 is 17.8 Å². The Bertz CT molecular complexity index is 1120. The number of hydrogen-bond donors (Lipinski definition) is 3. The first-order chi connectivity index (χ1) is 15.1. The number of hydrogen-bond acceptors (Lipinski definition) is 5. The van der Waals surface area contributed by atoms with E-state index in [1.807, 2.05) is 6.07 Å². The molecule has 1 aliphatic rings. The smallest absolute Gasteiger partial charge is 0.399 e. The molecule has 3 aromatic rings. The molecule has 1 atom stereocenters. The number of alkyl halides is 3. The lowest BCUT2D eigenvalue weighted by molar-refractivity contribution is -0.137. The normalized spacial score (nSPS) is 20.3. The topological polar surface area (TPSA) is 84.1 Å². The molecular weight excluding hydrogens is 417 g/mol. The third-order valence-electron chi connectivity index (χ3n) is 6.16. The molecule has 1 fully saturated rings. The number of aliphatic hydroxyl groups excluding tert-OH is 1. The van der Waals surface area contributed by atoms with Gasteiger partial charge in [-0.05, 0) is 86.9 Å². The standard InChI is InChI=1S/C24H27F3N4O/c1-13(17-9-18(24(25,26)27)12-19(28)10-17)29-23-21-11-16(15-3-6-20(32)7-4-15)5-8-22(21)30-14(2)31-23/h5,8-13,15,20,32H,3-4,6-7,28H2,1-2H3,(H,29,30,31)/t13-,15?,20?/m1/s1. The molecule has 0 amide bonds. The van der Waals surface area contributed by atoms with E-state index in [1.54, 1.807) is 19.9 Å². The Morgan fingerprint density at radius 1 is 1.06 bits per heavy atom. The molecule has 4 N–H and O–H groups in total. The number of nitrogens with two attached hydrogens (primary N) is 1. The van der Waals surface area contributed by atoms with Crippen LogP contribution in [0.25, 0.3) is 10.9 Å². The first-order valence-corrected chi connectivity index (χ1v) is 10.8. The van der Waals surface area contributed by atoms with Gasteiger partial charge in [0.05, 0.1) is 23.2 Å². The average molecular weight is 445 g/mol. The largest absolute Gasteiger partial charge is 0.416 e. The number of anilines is 2. The molecule has 0 saturated heterocycles. The fraction of sp³-hybridized carbons (Fsp3) is 0.417. The summed E-state index contributed by atoms with van der Waals surface area (Å²) < 4.78 is 39.7. The number of nitrogens with one attached hydrogen (secondary N) is 1. The molecule has 2 aromatic carbocycles. The van der Waals surface area contributed by atoms with Gasteiger partial charge in [0.1, 0.15) is 11.6 Å². The third-order valence-corrected chi connectivity index (χ3v) is 6.16. The van der Waals surface area contributed by atoms with Gasteiger partial charge in [0.25, 0.3) is 0 Å². The molecule has 0 radical (unpaired) electrons. The van der Waals surface area contributed by atoms with Crippen LogP contribution in [-0.2, 0) is 6.18 Å². The second kappa shape index (κ2) is 8.58. The molecule has 0 unspecified atom stereocenters. The summed E-state index contributed by atoms with van der Waals surface area (Å²) in [7, 11) is 0. The summed E-state index contributed by atoms with van der Waals surface area (Å²) in [6, 6.07) is 9.23. The van der Waals surface area contributed by atoms with Gasteiger partial charge in [-0.25, -0.2) is 9.97 Å². The highest BCUT2D eigenvalue weighted by Gasteiger charge is 2.31. The Morgan fingerprint density at radius 2 is 1.78 bits per heavy atom. The summed E-state index contributed by atoms with van der Waals surface area (Å²) in [4.78, 5) is 9.06. The zero-order valence-electron chi connectivity index (χ0n) is 18.1. The van der Waals surface area contributed by atoms with Crippen LogP contribution in [-0.4, -0.2) is 21.2 Å². The third kappa shape index (κ3) is 4.80. The van der Waals surface area contributed by atoms with Crippen molar-refractivity contribution in [3.63, 3.8) is 0 Å². The van der Waals surface area contributed by atoms with Gasteiger partial charge in [0.15, 0.2) is 0 Å². The molecule has 4 rings (SSSR count). The monoisotopic (exact) mass is 444 g/mol. The van der Waals surface area contributed by atoms with E-state index in [0.29, 0.717) is 23.1 Å². The number of aliphatic hydroxyl groups is 1. The molecule has 1 saturated carbocycles. The molecule has 1 heterocycles. The van der Waals surface area contributed by atoms with Crippen molar-refractivity contribution in [1.82, 2.24) is 9.97 Å². The van der Waals surface area contributed by atoms with E-state index >= 15 is 0 Å². The van der Waals surface area contributed by atoms with Crippen molar-refractivity contribution in [2.45, 2.75) is 63.8 Å². The zero-order valence-corrected chi connectivity index (χ0v) is 18.1. The van der Waals surface area contributed by atoms with E-state index in [9.17, 15) is 18.3 Å². The molecular formula is C24H27F3N4O. The summed E-state index contributed by atoms with van der Waals surface area (Å²) in [5, 5.41) is 13.9. The Morgan fingerprint density at radius 3 is 2.47 bits per heavy atom. The minimum Gasteiger partial charge on any atom is -0.399 e. The second-order valence-electron chi connectivity index (χ2n) is 8.65. The fourth-order valence-electron chi connectivity index (χ4n) is 4.41. The van der Waals surface area contributed by atoms with Crippen molar-refractivity contribution in [2.75, 3.05) is 11.1 Å². The van der Waals surface area contributed by atoms with Gasteiger partial charge in [0, 0.05) is 11.1 Å². The number of nitrogen functional groups attached to an aromatic ring is 1. The van der Waals surface area contributed by atoms with E-state index in [0.717, 1.165) is 54.3 Å². The highest BCUT2D eigenvalue weighted by atomic mass is 19.4. The molecule has 1 aliphatic carbocycles. The van der Waals surface area contributed by atoms with Gasteiger partial charge in [0.2, 0.25) is 0 Å². The summed E-state index contributed by atoms with van der Waals surface area (Å²) in [5.41, 5.74) is 7.40. The van der Waals surface area contributed by atoms with Crippen LogP contribution >= 0.6 is 0 Å². The number of fused-ring (bicyclic) bond motifs is 1. The molecule has 0 bridgehead atoms. The number of benzene rings is 2. The van der Waals surface area contributed by atoms with Crippen LogP contribution in [0, 0.1) is 6.92 Å². The Labute approximate surface area is 184 Å². The summed E-state index contributed by atoms with van der Waals surface area (Å²) in [6.07, 6.45) is -1.29. The van der Waals surface area contributed by atoms with Crippen LogP contribution in [0.5, 0.6) is 0 Å². The molecule has 0 spiro atoms. The average Bonchev–Trinajstić information content (AvgIpc) is 2.73. The van der Waals surface area contributed by atoms with Crippen LogP contribution < -0.4 is 11.1 Å². The quantitative estimate of drug-likeness (QED) is 0.448. The molecule has 5 nitrogen and oxygen atoms in total. The van der Waals surface area contributed by atoms with Gasteiger partial charge in [-0.15, -0.1) is 0 Å². The van der Waals surface area contributed by atoms with Crippen molar-refractivity contribution in [3.8, 4) is 0 Å². The van der Waals surface area contributed by atoms with Crippen molar-refractivity contribution in [2.24, 2.45) is 0 Å².